The first-order chi connectivity index (χ1) is 8.75. The van der Waals surface area contributed by atoms with Crippen molar-refractivity contribution in [2.45, 2.75) is 0 Å². The highest BCUT2D eigenvalue weighted by atomic mass is 35.5. The van der Waals surface area contributed by atoms with E-state index in [0.717, 1.165) is 11.7 Å². The topological polar surface area (TPSA) is 68.0 Å². The predicted molar refractivity (Wildman–Crippen MR) is 69.1 cm³/mol. The van der Waals surface area contributed by atoms with E-state index in [1.165, 1.54) is 6.26 Å². The Kier molecular flexibility index (Phi) is 2.73. The van der Waals surface area contributed by atoms with Gasteiger partial charge in [-0.05, 0) is 24.3 Å². The van der Waals surface area contributed by atoms with Crippen LogP contribution in [0.15, 0.2) is 34.9 Å². The molecule has 0 unspecified atom stereocenters. The van der Waals surface area contributed by atoms with Crippen molar-refractivity contribution >= 4 is 46.0 Å². The molecule has 2 aromatic heterocycles. The van der Waals surface area contributed by atoms with Gasteiger partial charge >= 0.3 is 0 Å². The van der Waals surface area contributed by atoms with E-state index in [1.54, 1.807) is 24.3 Å². The van der Waals surface area contributed by atoms with Gasteiger partial charge in [0.1, 0.15) is 11.0 Å². The second-order valence-electron chi connectivity index (χ2n) is 3.49. The lowest BCUT2D eigenvalue weighted by atomic mass is 10.2. The molecular formula is C11H6ClN3O2S. The highest BCUT2D eigenvalue weighted by molar-refractivity contribution is 7.00. The van der Waals surface area contributed by atoms with Gasteiger partial charge in [0.15, 0.2) is 5.76 Å². The number of carbonyl (C=O) groups excluding carboxylic acids is 1. The number of nitrogens with zero attached hydrogens (tertiary/aromatic N) is 2. The number of anilines is 1. The van der Waals surface area contributed by atoms with Gasteiger partial charge in [0.2, 0.25) is 0 Å². The lowest BCUT2D eigenvalue weighted by Crippen LogP contribution is -2.11. The molecule has 1 N–H and O–H groups in total. The lowest BCUT2D eigenvalue weighted by molar-refractivity contribution is 0.0997. The Hall–Kier alpha value is -1.92. The van der Waals surface area contributed by atoms with E-state index < -0.39 is 0 Å². The Labute approximate surface area is 111 Å². The third kappa shape index (κ3) is 1.85. The van der Waals surface area contributed by atoms with Gasteiger partial charge < -0.3 is 9.73 Å². The molecule has 0 aliphatic heterocycles. The Morgan fingerprint density at radius 3 is 3.00 bits per heavy atom. The van der Waals surface area contributed by atoms with Gasteiger partial charge in [-0.15, -0.1) is 0 Å². The van der Waals surface area contributed by atoms with Crippen LogP contribution in [0.25, 0.3) is 11.0 Å². The summed E-state index contributed by atoms with van der Waals surface area (Å²) in [5.74, 6) is -0.159. The number of aromatic nitrogens is 2. The molecule has 0 atom stereocenters. The van der Waals surface area contributed by atoms with E-state index in [9.17, 15) is 4.79 Å². The molecule has 0 saturated heterocycles. The van der Waals surface area contributed by atoms with Gasteiger partial charge in [-0.1, -0.05) is 11.6 Å². The normalized spacial score (nSPS) is 10.7. The zero-order valence-electron chi connectivity index (χ0n) is 8.88. The van der Waals surface area contributed by atoms with Crippen LogP contribution < -0.4 is 5.32 Å². The minimum Gasteiger partial charge on any atom is -0.459 e. The monoisotopic (exact) mass is 279 g/mol. The number of hydrogen-bond donors (Lipinski definition) is 1. The van der Waals surface area contributed by atoms with Crippen LogP contribution in [0.5, 0.6) is 0 Å². The number of halogens is 1. The summed E-state index contributed by atoms with van der Waals surface area (Å²) in [6, 6.07) is 6.64. The van der Waals surface area contributed by atoms with Crippen molar-refractivity contribution in [1.29, 1.82) is 0 Å². The molecule has 0 aliphatic rings. The number of fused-ring (bicyclic) bond motifs is 1. The van der Waals surface area contributed by atoms with Crippen molar-refractivity contribution in [3.05, 3.63) is 41.3 Å². The maximum Gasteiger partial charge on any atom is 0.291 e. The number of amides is 1. The Bertz CT molecular complexity index is 708. The summed E-state index contributed by atoms with van der Waals surface area (Å²) in [6.07, 6.45) is 1.43. The Morgan fingerprint density at radius 2 is 2.22 bits per heavy atom. The first-order valence-corrected chi connectivity index (χ1v) is 6.12. The van der Waals surface area contributed by atoms with Gasteiger partial charge in [0, 0.05) is 0 Å². The zero-order chi connectivity index (χ0) is 12.5. The summed E-state index contributed by atoms with van der Waals surface area (Å²) in [6.45, 7) is 0. The average Bonchev–Trinajstić information content (AvgIpc) is 3.02. The molecule has 3 aromatic rings. The minimum absolute atomic E-state index is 0.214. The predicted octanol–water partition coefficient (Wildman–Crippen LogP) is 3.19. The molecule has 7 heteroatoms. The molecule has 2 heterocycles. The maximum atomic E-state index is 11.9. The number of benzene rings is 1. The molecule has 1 amide bonds. The number of hydrogen-bond acceptors (Lipinski definition) is 5. The highest BCUT2D eigenvalue weighted by Gasteiger charge is 2.15. The van der Waals surface area contributed by atoms with E-state index >= 15 is 0 Å². The summed E-state index contributed by atoms with van der Waals surface area (Å²) in [4.78, 5) is 11.9. The van der Waals surface area contributed by atoms with Crippen molar-refractivity contribution in [3.63, 3.8) is 0 Å². The van der Waals surface area contributed by atoms with Crippen molar-refractivity contribution in [1.82, 2.24) is 8.75 Å². The third-order valence-electron chi connectivity index (χ3n) is 2.36. The summed E-state index contributed by atoms with van der Waals surface area (Å²) in [5, 5.41) is 3.09. The molecule has 18 heavy (non-hydrogen) atoms. The Balaban J connectivity index is 2.02. The van der Waals surface area contributed by atoms with Gasteiger partial charge in [-0.25, -0.2) is 0 Å². The summed E-state index contributed by atoms with van der Waals surface area (Å²) in [5.41, 5.74) is 1.72. The molecule has 0 saturated carbocycles. The largest absolute Gasteiger partial charge is 0.459 e. The van der Waals surface area contributed by atoms with Gasteiger partial charge in [0.25, 0.3) is 5.91 Å². The van der Waals surface area contributed by atoms with Crippen molar-refractivity contribution in [2.75, 3.05) is 5.32 Å². The SMILES string of the molecule is O=C(Nc1c(Cl)ccc2nsnc12)c1ccco1. The van der Waals surface area contributed by atoms with E-state index in [1.807, 2.05) is 0 Å². The van der Waals surface area contributed by atoms with Crippen molar-refractivity contribution < 1.29 is 9.21 Å². The standard InChI is InChI=1S/C11H6ClN3O2S/c12-6-3-4-7-10(15-18-14-7)9(6)13-11(16)8-2-1-5-17-8/h1-5H,(H,13,16). The summed E-state index contributed by atoms with van der Waals surface area (Å²) < 4.78 is 13.2. The fourth-order valence-corrected chi connectivity index (χ4v) is 2.27. The Morgan fingerprint density at radius 1 is 1.33 bits per heavy atom. The number of carbonyl (C=O) groups is 1. The average molecular weight is 280 g/mol. The van der Waals surface area contributed by atoms with Crippen LogP contribution >= 0.6 is 23.3 Å². The quantitative estimate of drug-likeness (QED) is 0.782. The molecule has 0 radical (unpaired) electrons. The van der Waals surface area contributed by atoms with Crippen molar-refractivity contribution in [3.8, 4) is 0 Å². The number of furan rings is 1. The second-order valence-corrected chi connectivity index (χ2v) is 4.42. The molecule has 0 fully saturated rings. The van der Waals surface area contributed by atoms with E-state index in [-0.39, 0.29) is 11.7 Å². The molecule has 5 nitrogen and oxygen atoms in total. The van der Waals surface area contributed by atoms with Crippen molar-refractivity contribution in [2.24, 2.45) is 0 Å². The lowest BCUT2D eigenvalue weighted by Gasteiger charge is -2.05. The third-order valence-corrected chi connectivity index (χ3v) is 3.22. The summed E-state index contributed by atoms with van der Waals surface area (Å²) in [7, 11) is 0. The molecular weight excluding hydrogens is 274 g/mol. The highest BCUT2D eigenvalue weighted by Crippen LogP contribution is 2.30. The van der Waals surface area contributed by atoms with Crippen LogP contribution in [0.1, 0.15) is 10.6 Å². The molecule has 0 bridgehead atoms. The molecule has 90 valence electrons. The first-order valence-electron chi connectivity index (χ1n) is 5.01. The van der Waals surface area contributed by atoms with Crippen LogP contribution in [0.3, 0.4) is 0 Å². The molecule has 3 rings (SSSR count). The first kappa shape index (κ1) is 11.2. The molecule has 0 aliphatic carbocycles. The smallest absolute Gasteiger partial charge is 0.291 e. The van der Waals surface area contributed by atoms with Gasteiger partial charge in [-0.2, -0.15) is 8.75 Å². The van der Waals surface area contributed by atoms with Crippen LogP contribution in [0.4, 0.5) is 5.69 Å². The van der Waals surface area contributed by atoms with Crippen LogP contribution in [0, 0.1) is 0 Å². The molecule has 1 aromatic carbocycles. The van der Waals surface area contributed by atoms with E-state index in [4.69, 9.17) is 16.0 Å². The summed E-state index contributed by atoms with van der Waals surface area (Å²) >= 11 is 7.12. The van der Waals surface area contributed by atoms with E-state index in [0.29, 0.717) is 21.7 Å². The second kappa shape index (κ2) is 4.40. The fourth-order valence-electron chi connectivity index (χ4n) is 1.53. The van der Waals surface area contributed by atoms with E-state index in [2.05, 4.69) is 14.1 Å². The molecule has 0 spiro atoms. The number of rotatable bonds is 2. The fraction of sp³-hybridized carbons (Fsp3) is 0. The van der Waals surface area contributed by atoms with Crippen LogP contribution in [0.2, 0.25) is 5.02 Å². The van der Waals surface area contributed by atoms with Gasteiger partial charge in [0.05, 0.1) is 28.7 Å². The minimum atomic E-state index is -0.373. The zero-order valence-corrected chi connectivity index (χ0v) is 10.5. The van der Waals surface area contributed by atoms with Gasteiger partial charge in [-0.3, -0.25) is 4.79 Å². The number of nitrogens with one attached hydrogen (secondary N) is 1. The van der Waals surface area contributed by atoms with Crippen LogP contribution in [-0.4, -0.2) is 14.7 Å². The maximum absolute atomic E-state index is 11.9. The van der Waals surface area contributed by atoms with Crippen LogP contribution in [-0.2, 0) is 0 Å².